The summed E-state index contributed by atoms with van der Waals surface area (Å²) < 4.78 is 37.7. The standard InChI is InChI=1S/C25H25N3O5S2/c1-16-5-11-20-23(13-16)34-25(27-20)17-6-8-18(9-7-17)26-24(29)15-28(35(4,30)31)21-14-19(32-2)10-12-22(21)33-3/h5-14H,15H2,1-4H3,(H,26,29). The lowest BCUT2D eigenvalue weighted by Crippen LogP contribution is -2.37. The minimum Gasteiger partial charge on any atom is -0.497 e. The first-order valence-corrected chi connectivity index (χ1v) is 13.3. The van der Waals surface area contributed by atoms with Crippen molar-refractivity contribution in [2.24, 2.45) is 0 Å². The molecule has 4 rings (SSSR count). The molecule has 182 valence electrons. The highest BCUT2D eigenvalue weighted by Crippen LogP contribution is 2.34. The molecule has 0 saturated carbocycles. The lowest BCUT2D eigenvalue weighted by atomic mass is 10.2. The minimum absolute atomic E-state index is 0.214. The summed E-state index contributed by atoms with van der Waals surface area (Å²) in [5, 5.41) is 3.64. The smallest absolute Gasteiger partial charge is 0.245 e. The summed E-state index contributed by atoms with van der Waals surface area (Å²) in [5.74, 6) is 0.248. The third-order valence-corrected chi connectivity index (χ3v) is 7.50. The molecule has 35 heavy (non-hydrogen) atoms. The van der Waals surface area contributed by atoms with E-state index in [0.29, 0.717) is 17.2 Å². The number of nitrogens with zero attached hydrogens (tertiary/aromatic N) is 2. The van der Waals surface area contributed by atoms with Gasteiger partial charge in [-0.1, -0.05) is 6.07 Å². The van der Waals surface area contributed by atoms with E-state index in [1.807, 2.05) is 31.2 Å². The van der Waals surface area contributed by atoms with Crippen LogP contribution in [0.1, 0.15) is 5.56 Å². The molecular weight excluding hydrogens is 486 g/mol. The van der Waals surface area contributed by atoms with Crippen molar-refractivity contribution in [3.63, 3.8) is 0 Å². The average Bonchev–Trinajstić information content (AvgIpc) is 3.25. The molecule has 0 bridgehead atoms. The van der Waals surface area contributed by atoms with Crippen molar-refractivity contribution in [3.8, 4) is 22.1 Å². The Kier molecular flexibility index (Phi) is 6.95. The van der Waals surface area contributed by atoms with E-state index in [4.69, 9.17) is 9.47 Å². The number of carbonyl (C=O) groups excluding carboxylic acids is 1. The monoisotopic (exact) mass is 511 g/mol. The molecule has 0 aliphatic heterocycles. The van der Waals surface area contributed by atoms with Crippen molar-refractivity contribution >= 4 is 48.9 Å². The second-order valence-electron chi connectivity index (χ2n) is 7.92. The Morgan fingerprint density at radius 3 is 2.43 bits per heavy atom. The number of thiazole rings is 1. The number of sulfonamides is 1. The summed E-state index contributed by atoms with van der Waals surface area (Å²) in [6, 6.07) is 18.2. The van der Waals surface area contributed by atoms with E-state index in [0.717, 1.165) is 31.3 Å². The minimum atomic E-state index is -3.79. The van der Waals surface area contributed by atoms with Crippen LogP contribution in [0.2, 0.25) is 0 Å². The van der Waals surface area contributed by atoms with Crippen molar-refractivity contribution in [2.75, 3.05) is 36.6 Å². The van der Waals surface area contributed by atoms with Gasteiger partial charge in [-0.25, -0.2) is 13.4 Å². The molecule has 0 aliphatic rings. The first-order chi connectivity index (χ1) is 16.7. The molecule has 0 spiro atoms. The zero-order valence-electron chi connectivity index (χ0n) is 19.7. The first-order valence-electron chi connectivity index (χ1n) is 10.6. The summed E-state index contributed by atoms with van der Waals surface area (Å²) in [6.07, 6.45) is 1.04. The molecule has 3 aromatic carbocycles. The van der Waals surface area contributed by atoms with Crippen LogP contribution in [0.4, 0.5) is 11.4 Å². The van der Waals surface area contributed by atoms with Gasteiger partial charge in [0.15, 0.2) is 0 Å². The van der Waals surface area contributed by atoms with Gasteiger partial charge in [-0.3, -0.25) is 9.10 Å². The van der Waals surface area contributed by atoms with E-state index in [1.165, 1.54) is 25.8 Å². The third kappa shape index (κ3) is 5.55. The number of amides is 1. The number of ether oxygens (including phenoxy) is 2. The van der Waals surface area contributed by atoms with Gasteiger partial charge < -0.3 is 14.8 Å². The fraction of sp³-hybridized carbons (Fsp3) is 0.200. The van der Waals surface area contributed by atoms with Gasteiger partial charge in [-0.2, -0.15) is 0 Å². The van der Waals surface area contributed by atoms with Crippen molar-refractivity contribution in [1.29, 1.82) is 0 Å². The number of hydrogen-bond donors (Lipinski definition) is 1. The van der Waals surface area contributed by atoms with Crippen LogP contribution in [0, 0.1) is 6.92 Å². The van der Waals surface area contributed by atoms with Crippen molar-refractivity contribution in [3.05, 3.63) is 66.2 Å². The van der Waals surface area contributed by atoms with Crippen LogP contribution in [0.25, 0.3) is 20.8 Å². The van der Waals surface area contributed by atoms with Crippen molar-refractivity contribution < 1.29 is 22.7 Å². The van der Waals surface area contributed by atoms with Crippen LogP contribution in [-0.4, -0.2) is 46.3 Å². The molecular formula is C25H25N3O5S2. The molecule has 1 N–H and O–H groups in total. The summed E-state index contributed by atoms with van der Waals surface area (Å²) in [5.41, 5.74) is 3.82. The second-order valence-corrected chi connectivity index (χ2v) is 10.9. The van der Waals surface area contributed by atoms with Gasteiger partial charge >= 0.3 is 0 Å². The van der Waals surface area contributed by atoms with Crippen molar-refractivity contribution in [2.45, 2.75) is 6.92 Å². The molecule has 1 amide bonds. The number of benzene rings is 3. The fourth-order valence-electron chi connectivity index (χ4n) is 3.56. The summed E-state index contributed by atoms with van der Waals surface area (Å²) >= 11 is 1.61. The summed E-state index contributed by atoms with van der Waals surface area (Å²) in [6.45, 7) is 1.62. The molecule has 0 unspecified atom stereocenters. The number of methoxy groups -OCH3 is 2. The van der Waals surface area contributed by atoms with Gasteiger partial charge in [-0.05, 0) is 61.0 Å². The maximum Gasteiger partial charge on any atom is 0.245 e. The van der Waals surface area contributed by atoms with E-state index in [9.17, 15) is 13.2 Å². The van der Waals surface area contributed by atoms with Crippen molar-refractivity contribution in [1.82, 2.24) is 4.98 Å². The lowest BCUT2D eigenvalue weighted by Gasteiger charge is -2.24. The van der Waals surface area contributed by atoms with E-state index in [1.54, 1.807) is 35.6 Å². The molecule has 0 saturated heterocycles. The summed E-state index contributed by atoms with van der Waals surface area (Å²) in [7, 11) is -0.887. The molecule has 0 fully saturated rings. The Bertz CT molecular complexity index is 1480. The average molecular weight is 512 g/mol. The molecule has 1 heterocycles. The number of aromatic nitrogens is 1. The van der Waals surface area contributed by atoms with E-state index in [2.05, 4.69) is 16.4 Å². The molecule has 8 nitrogen and oxygen atoms in total. The molecule has 0 atom stereocenters. The number of anilines is 2. The largest absolute Gasteiger partial charge is 0.497 e. The summed E-state index contributed by atoms with van der Waals surface area (Å²) in [4.78, 5) is 17.5. The Hall–Kier alpha value is -3.63. The highest BCUT2D eigenvalue weighted by molar-refractivity contribution is 7.92. The first kappa shape index (κ1) is 24.5. The van der Waals surface area contributed by atoms with Gasteiger partial charge in [0, 0.05) is 17.3 Å². The molecule has 0 aliphatic carbocycles. The zero-order valence-corrected chi connectivity index (χ0v) is 21.4. The zero-order chi connectivity index (χ0) is 25.2. The number of hydrogen-bond acceptors (Lipinski definition) is 7. The second kappa shape index (κ2) is 9.93. The van der Waals surface area contributed by atoms with Gasteiger partial charge in [0.05, 0.1) is 36.4 Å². The van der Waals surface area contributed by atoms with E-state index < -0.39 is 22.5 Å². The normalized spacial score (nSPS) is 11.3. The topological polar surface area (TPSA) is 97.8 Å². The van der Waals surface area contributed by atoms with Crippen LogP contribution in [0.15, 0.2) is 60.7 Å². The number of carbonyl (C=O) groups is 1. The predicted octanol–water partition coefficient (Wildman–Crippen LogP) is 4.69. The van der Waals surface area contributed by atoms with Crippen LogP contribution in [0.3, 0.4) is 0 Å². The molecule has 1 aromatic heterocycles. The Balaban J connectivity index is 1.52. The lowest BCUT2D eigenvalue weighted by molar-refractivity contribution is -0.114. The Morgan fingerprint density at radius 1 is 1.03 bits per heavy atom. The van der Waals surface area contributed by atoms with Crippen LogP contribution in [0.5, 0.6) is 11.5 Å². The Labute approximate surface area is 208 Å². The number of aryl methyl sites for hydroxylation is 1. The quantitative estimate of drug-likeness (QED) is 0.368. The highest BCUT2D eigenvalue weighted by atomic mass is 32.2. The predicted molar refractivity (Wildman–Crippen MR) is 140 cm³/mol. The molecule has 10 heteroatoms. The van der Waals surface area contributed by atoms with Gasteiger partial charge in [-0.15, -0.1) is 11.3 Å². The third-order valence-electron chi connectivity index (χ3n) is 5.30. The van der Waals surface area contributed by atoms with Gasteiger partial charge in [0.1, 0.15) is 23.1 Å². The Morgan fingerprint density at radius 2 is 1.77 bits per heavy atom. The highest BCUT2D eigenvalue weighted by Gasteiger charge is 2.25. The van der Waals surface area contributed by atoms with Crippen LogP contribution < -0.4 is 19.1 Å². The fourth-order valence-corrected chi connectivity index (χ4v) is 5.48. The SMILES string of the molecule is COc1ccc(OC)c(N(CC(=O)Nc2ccc(-c3nc4ccc(C)cc4s3)cc2)S(C)(=O)=O)c1. The van der Waals surface area contributed by atoms with E-state index in [-0.39, 0.29) is 5.69 Å². The van der Waals surface area contributed by atoms with Crippen LogP contribution >= 0.6 is 11.3 Å². The van der Waals surface area contributed by atoms with Crippen LogP contribution in [-0.2, 0) is 14.8 Å². The van der Waals surface area contributed by atoms with Gasteiger partial charge in [0.2, 0.25) is 15.9 Å². The number of rotatable bonds is 8. The maximum atomic E-state index is 12.8. The molecule has 4 aromatic rings. The molecule has 0 radical (unpaired) electrons. The number of fused-ring (bicyclic) bond motifs is 1. The van der Waals surface area contributed by atoms with E-state index >= 15 is 0 Å². The number of nitrogens with one attached hydrogen (secondary N) is 1. The maximum absolute atomic E-state index is 12.8. The van der Waals surface area contributed by atoms with Gasteiger partial charge in [0.25, 0.3) is 0 Å².